The van der Waals surface area contributed by atoms with Crippen LogP contribution in [0, 0.1) is 13.8 Å². The van der Waals surface area contributed by atoms with E-state index in [9.17, 15) is 9.59 Å². The molecule has 2 aromatic heterocycles. The van der Waals surface area contributed by atoms with Crippen molar-refractivity contribution >= 4 is 17.7 Å². The van der Waals surface area contributed by atoms with Crippen molar-refractivity contribution in [1.82, 2.24) is 19.9 Å². The van der Waals surface area contributed by atoms with Gasteiger partial charge < -0.3 is 19.9 Å². The molecule has 0 atom stereocenters. The van der Waals surface area contributed by atoms with Gasteiger partial charge in [0.1, 0.15) is 5.82 Å². The maximum absolute atomic E-state index is 12.1. The number of amides is 1. The van der Waals surface area contributed by atoms with Crippen LogP contribution in [-0.4, -0.2) is 51.2 Å². The van der Waals surface area contributed by atoms with Crippen LogP contribution in [0.3, 0.4) is 0 Å². The van der Waals surface area contributed by atoms with Crippen LogP contribution in [-0.2, 0) is 22.4 Å². The van der Waals surface area contributed by atoms with Crippen molar-refractivity contribution in [3.05, 3.63) is 59.2 Å². The molecule has 36 heavy (non-hydrogen) atoms. The lowest BCUT2D eigenvalue weighted by molar-refractivity contribution is -0.136. The van der Waals surface area contributed by atoms with Gasteiger partial charge in [0.15, 0.2) is 0 Å². The number of aryl methyl sites for hydroxylation is 3. The zero-order valence-electron chi connectivity index (χ0n) is 22.1. The first kappa shape index (κ1) is 26.9. The fraction of sp³-hybridized carbons (Fsp3) is 0.429. The summed E-state index contributed by atoms with van der Waals surface area (Å²) in [6.45, 7) is 10.6. The third kappa shape index (κ3) is 6.71. The number of aromatic nitrogens is 3. The summed E-state index contributed by atoms with van der Waals surface area (Å²) < 4.78 is 2.03. The summed E-state index contributed by atoms with van der Waals surface area (Å²) in [7, 11) is 2.05. The van der Waals surface area contributed by atoms with Gasteiger partial charge in [0.25, 0.3) is 0 Å². The largest absolute Gasteiger partial charge is 0.481 e. The lowest BCUT2D eigenvalue weighted by Gasteiger charge is -2.23. The number of imidazole rings is 1. The Hall–Kier alpha value is -3.68. The second kappa shape index (κ2) is 11.8. The predicted octanol–water partition coefficient (Wildman–Crippen LogP) is 4.48. The number of hydrogen-bond donors (Lipinski definition) is 2. The molecule has 3 rings (SSSR count). The van der Waals surface area contributed by atoms with Crippen LogP contribution in [0.15, 0.2) is 36.8 Å². The third-order valence-electron chi connectivity index (χ3n) is 6.45. The van der Waals surface area contributed by atoms with Crippen molar-refractivity contribution < 1.29 is 14.7 Å². The highest BCUT2D eigenvalue weighted by atomic mass is 16.4. The van der Waals surface area contributed by atoms with Crippen molar-refractivity contribution in [2.45, 2.75) is 66.3 Å². The number of carboxylic acids is 1. The standard InChI is InChI=1S/C28H37N5O3/c1-7-21-14-23(12-19(4)24(21)8-9-27(34)29-11-10-28(35)36)33-16-25(30-17-33)22-13-20(5)31-26(15-22)32(6)18(2)3/h12-18H,7-11H2,1-6H3,(H,29,34)(H,35,36). The Balaban J connectivity index is 1.80. The van der Waals surface area contributed by atoms with E-state index in [1.165, 1.54) is 11.1 Å². The third-order valence-corrected chi connectivity index (χ3v) is 6.45. The number of carbonyl (C=O) groups is 2. The number of rotatable bonds is 11. The number of pyridine rings is 1. The molecule has 0 aliphatic carbocycles. The molecule has 2 N–H and O–H groups in total. The zero-order valence-corrected chi connectivity index (χ0v) is 22.1. The number of nitrogens with one attached hydrogen (secondary N) is 1. The molecule has 1 aromatic carbocycles. The maximum atomic E-state index is 12.1. The summed E-state index contributed by atoms with van der Waals surface area (Å²) in [6, 6.07) is 8.75. The van der Waals surface area contributed by atoms with Gasteiger partial charge in [0, 0.05) is 49.2 Å². The van der Waals surface area contributed by atoms with Gasteiger partial charge >= 0.3 is 5.97 Å². The molecule has 0 aliphatic rings. The number of carbonyl (C=O) groups excluding carboxylic acids is 1. The minimum Gasteiger partial charge on any atom is -0.481 e. The molecule has 2 heterocycles. The predicted molar refractivity (Wildman–Crippen MR) is 143 cm³/mol. The van der Waals surface area contributed by atoms with E-state index in [0.29, 0.717) is 18.9 Å². The average Bonchev–Trinajstić information content (AvgIpc) is 3.32. The summed E-state index contributed by atoms with van der Waals surface area (Å²) in [5, 5.41) is 11.4. The summed E-state index contributed by atoms with van der Waals surface area (Å²) in [4.78, 5) is 34.3. The van der Waals surface area contributed by atoms with Gasteiger partial charge in [0.05, 0.1) is 18.4 Å². The lowest BCUT2D eigenvalue weighted by Crippen LogP contribution is -2.26. The second-order valence-corrected chi connectivity index (χ2v) is 9.47. The molecule has 0 radical (unpaired) electrons. The first-order chi connectivity index (χ1) is 17.1. The summed E-state index contributed by atoms with van der Waals surface area (Å²) in [5.41, 5.74) is 7.38. The van der Waals surface area contributed by atoms with E-state index in [1.54, 1.807) is 0 Å². The molecule has 0 spiro atoms. The fourth-order valence-corrected chi connectivity index (χ4v) is 4.18. The van der Waals surface area contributed by atoms with Crippen LogP contribution in [0.2, 0.25) is 0 Å². The topological polar surface area (TPSA) is 100 Å². The smallest absolute Gasteiger partial charge is 0.305 e. The molecule has 0 aliphatic heterocycles. The van der Waals surface area contributed by atoms with Gasteiger partial charge in [-0.15, -0.1) is 0 Å². The van der Waals surface area contributed by atoms with E-state index >= 15 is 0 Å². The molecule has 0 unspecified atom stereocenters. The number of hydrogen-bond acceptors (Lipinski definition) is 5. The van der Waals surface area contributed by atoms with Gasteiger partial charge in [-0.25, -0.2) is 9.97 Å². The van der Waals surface area contributed by atoms with Crippen molar-refractivity contribution in [2.24, 2.45) is 0 Å². The highest BCUT2D eigenvalue weighted by Crippen LogP contribution is 2.27. The molecule has 0 saturated heterocycles. The van der Waals surface area contributed by atoms with Crippen LogP contribution in [0.1, 0.15) is 56.0 Å². The van der Waals surface area contributed by atoms with Gasteiger partial charge in [-0.1, -0.05) is 6.92 Å². The van der Waals surface area contributed by atoms with Crippen molar-refractivity contribution in [3.8, 4) is 16.9 Å². The van der Waals surface area contributed by atoms with E-state index in [4.69, 9.17) is 5.11 Å². The Bertz CT molecular complexity index is 1230. The fourth-order valence-electron chi connectivity index (χ4n) is 4.18. The lowest BCUT2D eigenvalue weighted by atomic mass is 9.95. The SMILES string of the molecule is CCc1cc(-n2cnc(-c3cc(C)nc(N(C)C(C)C)c3)c2)cc(C)c1CCC(=O)NCCC(=O)O. The van der Waals surface area contributed by atoms with Crippen molar-refractivity contribution in [3.63, 3.8) is 0 Å². The highest BCUT2D eigenvalue weighted by Gasteiger charge is 2.14. The number of aliphatic carboxylic acids is 1. The number of benzene rings is 1. The van der Waals surface area contributed by atoms with E-state index in [1.807, 2.05) is 31.1 Å². The number of nitrogens with zero attached hydrogens (tertiary/aromatic N) is 4. The average molecular weight is 492 g/mol. The van der Waals surface area contributed by atoms with Crippen molar-refractivity contribution in [1.29, 1.82) is 0 Å². The molecule has 8 nitrogen and oxygen atoms in total. The van der Waals surface area contributed by atoms with E-state index in [0.717, 1.165) is 40.4 Å². The first-order valence-corrected chi connectivity index (χ1v) is 12.5. The zero-order chi connectivity index (χ0) is 26.4. The number of carboxylic acid groups (broad SMARTS) is 1. The van der Waals surface area contributed by atoms with Gasteiger partial charge in [-0.05, 0) is 81.5 Å². The van der Waals surface area contributed by atoms with Crippen LogP contribution >= 0.6 is 0 Å². The van der Waals surface area contributed by atoms with Gasteiger partial charge in [0.2, 0.25) is 5.91 Å². The van der Waals surface area contributed by atoms with E-state index < -0.39 is 5.97 Å². The molecule has 192 valence electrons. The minimum atomic E-state index is -0.917. The molecule has 0 saturated carbocycles. The van der Waals surface area contributed by atoms with Crippen LogP contribution in [0.5, 0.6) is 0 Å². The molecule has 1 amide bonds. The molecular weight excluding hydrogens is 454 g/mol. The normalized spacial score (nSPS) is 11.1. The molecular formula is C28H37N5O3. The van der Waals surface area contributed by atoms with E-state index in [2.05, 4.69) is 72.1 Å². The van der Waals surface area contributed by atoms with Crippen LogP contribution < -0.4 is 10.2 Å². The molecule has 0 fully saturated rings. The van der Waals surface area contributed by atoms with Gasteiger partial charge in [-0.2, -0.15) is 0 Å². The monoisotopic (exact) mass is 491 g/mol. The molecule has 3 aromatic rings. The highest BCUT2D eigenvalue weighted by molar-refractivity contribution is 5.77. The minimum absolute atomic E-state index is 0.0681. The van der Waals surface area contributed by atoms with Gasteiger partial charge in [-0.3, -0.25) is 9.59 Å². The second-order valence-electron chi connectivity index (χ2n) is 9.47. The summed E-state index contributed by atoms with van der Waals surface area (Å²) in [6.07, 6.45) is 5.60. The van der Waals surface area contributed by atoms with Crippen LogP contribution in [0.25, 0.3) is 16.9 Å². The number of anilines is 1. The van der Waals surface area contributed by atoms with E-state index in [-0.39, 0.29) is 18.9 Å². The molecule has 8 heteroatoms. The quantitative estimate of drug-likeness (QED) is 0.410. The molecule has 0 bridgehead atoms. The first-order valence-electron chi connectivity index (χ1n) is 12.5. The van der Waals surface area contributed by atoms with Crippen molar-refractivity contribution in [2.75, 3.05) is 18.5 Å². The Morgan fingerprint density at radius 3 is 2.56 bits per heavy atom. The van der Waals surface area contributed by atoms with Crippen LogP contribution in [0.4, 0.5) is 5.82 Å². The Labute approximate surface area is 213 Å². The Morgan fingerprint density at radius 1 is 1.14 bits per heavy atom. The summed E-state index contributed by atoms with van der Waals surface area (Å²) in [5.74, 6) is -0.119. The summed E-state index contributed by atoms with van der Waals surface area (Å²) >= 11 is 0. The maximum Gasteiger partial charge on any atom is 0.305 e. The Kier molecular flexibility index (Phi) is 8.85. The Morgan fingerprint density at radius 2 is 1.89 bits per heavy atom.